The summed E-state index contributed by atoms with van der Waals surface area (Å²) in [6, 6.07) is 18.1. The average molecular weight is 435 g/mol. The van der Waals surface area contributed by atoms with Crippen molar-refractivity contribution >= 4 is 17.5 Å². The number of carbonyl (C=O) groups excluding carboxylic acids is 1. The van der Waals surface area contributed by atoms with Crippen molar-refractivity contribution in [1.82, 2.24) is 20.2 Å². The molecule has 1 aliphatic rings. The van der Waals surface area contributed by atoms with Crippen LogP contribution in [0.15, 0.2) is 60.8 Å². The number of halogens is 1. The Morgan fingerprint density at radius 2 is 2.06 bits per heavy atom. The second kappa shape index (κ2) is 10.0. The van der Waals surface area contributed by atoms with E-state index in [0.29, 0.717) is 19.0 Å². The minimum Gasteiger partial charge on any atom is -0.349 e. The second-order valence-corrected chi connectivity index (χ2v) is 8.60. The third kappa shape index (κ3) is 6.12. The molecule has 1 aliphatic heterocycles. The van der Waals surface area contributed by atoms with Crippen LogP contribution in [0.2, 0.25) is 5.02 Å². The van der Waals surface area contributed by atoms with Crippen molar-refractivity contribution in [3.63, 3.8) is 0 Å². The summed E-state index contributed by atoms with van der Waals surface area (Å²) < 4.78 is 0. The number of aromatic nitrogens is 2. The number of rotatable bonds is 7. The standard InChI is InChI=1S/C25H27ClN4O/c1-18-11-20(12-19-5-4-6-22(26)13-19)14-24(29-18)21-8-10-30(16-21)17-25(31)28-15-23-7-2-3-9-27-23/h2-7,9,11,13-14,21H,8,10,12,15-17H2,1H3,(H,28,31)/t21-/m0/s1. The fourth-order valence-electron chi connectivity index (χ4n) is 4.13. The van der Waals surface area contributed by atoms with Crippen molar-refractivity contribution in [2.24, 2.45) is 0 Å². The molecule has 5 nitrogen and oxygen atoms in total. The number of carbonyl (C=O) groups is 1. The SMILES string of the molecule is Cc1cc(Cc2cccc(Cl)c2)cc([C@H]2CCN(CC(=O)NCc3ccccn3)C2)n1. The van der Waals surface area contributed by atoms with Crippen LogP contribution in [-0.4, -0.2) is 40.4 Å². The topological polar surface area (TPSA) is 58.1 Å². The van der Waals surface area contributed by atoms with Gasteiger partial charge in [-0.25, -0.2) is 0 Å². The number of likely N-dealkylation sites (tertiary alicyclic amines) is 1. The maximum atomic E-state index is 12.3. The van der Waals surface area contributed by atoms with Crippen LogP contribution < -0.4 is 5.32 Å². The molecule has 1 aromatic carbocycles. The molecule has 1 fully saturated rings. The summed E-state index contributed by atoms with van der Waals surface area (Å²) in [5.41, 5.74) is 5.46. The molecule has 160 valence electrons. The zero-order valence-electron chi connectivity index (χ0n) is 17.7. The van der Waals surface area contributed by atoms with E-state index < -0.39 is 0 Å². The number of hydrogen-bond acceptors (Lipinski definition) is 4. The molecule has 0 unspecified atom stereocenters. The molecule has 1 saturated heterocycles. The number of nitrogens with zero attached hydrogens (tertiary/aromatic N) is 3. The van der Waals surface area contributed by atoms with Crippen LogP contribution in [0.25, 0.3) is 0 Å². The van der Waals surface area contributed by atoms with E-state index in [-0.39, 0.29) is 5.91 Å². The van der Waals surface area contributed by atoms with Crippen LogP contribution >= 0.6 is 11.6 Å². The van der Waals surface area contributed by atoms with Crippen molar-refractivity contribution in [3.8, 4) is 0 Å². The molecule has 3 heterocycles. The second-order valence-electron chi connectivity index (χ2n) is 8.17. The van der Waals surface area contributed by atoms with E-state index in [9.17, 15) is 4.79 Å². The molecule has 0 saturated carbocycles. The van der Waals surface area contributed by atoms with Crippen LogP contribution in [-0.2, 0) is 17.8 Å². The summed E-state index contributed by atoms with van der Waals surface area (Å²) >= 11 is 6.14. The Hall–Kier alpha value is -2.76. The van der Waals surface area contributed by atoms with E-state index in [0.717, 1.165) is 48.0 Å². The first kappa shape index (κ1) is 21.5. The Balaban J connectivity index is 1.34. The summed E-state index contributed by atoms with van der Waals surface area (Å²) in [7, 11) is 0. The van der Waals surface area contributed by atoms with Crippen molar-refractivity contribution in [3.05, 3.63) is 94.0 Å². The zero-order chi connectivity index (χ0) is 21.6. The van der Waals surface area contributed by atoms with Gasteiger partial charge in [-0.05, 0) is 73.8 Å². The van der Waals surface area contributed by atoms with Gasteiger partial charge in [-0.1, -0.05) is 29.8 Å². The van der Waals surface area contributed by atoms with Crippen molar-refractivity contribution < 1.29 is 4.79 Å². The van der Waals surface area contributed by atoms with E-state index in [4.69, 9.17) is 16.6 Å². The van der Waals surface area contributed by atoms with Crippen LogP contribution in [0.3, 0.4) is 0 Å². The fourth-order valence-corrected chi connectivity index (χ4v) is 4.34. The molecule has 3 aromatic rings. The predicted octanol–water partition coefficient (Wildman–Crippen LogP) is 4.13. The van der Waals surface area contributed by atoms with Gasteiger partial charge in [0.25, 0.3) is 0 Å². The molecule has 1 N–H and O–H groups in total. The highest BCUT2D eigenvalue weighted by Gasteiger charge is 2.26. The number of benzene rings is 1. The Labute approximate surface area is 188 Å². The molecule has 6 heteroatoms. The summed E-state index contributed by atoms with van der Waals surface area (Å²) in [6.07, 6.45) is 3.59. The van der Waals surface area contributed by atoms with Gasteiger partial charge in [0.05, 0.1) is 18.8 Å². The van der Waals surface area contributed by atoms with Gasteiger partial charge >= 0.3 is 0 Å². The summed E-state index contributed by atoms with van der Waals surface area (Å²) in [4.78, 5) is 23.6. The van der Waals surface area contributed by atoms with Gasteiger partial charge in [0.1, 0.15) is 0 Å². The molecule has 4 rings (SSSR count). The van der Waals surface area contributed by atoms with E-state index in [1.807, 2.05) is 43.3 Å². The first-order valence-electron chi connectivity index (χ1n) is 10.7. The lowest BCUT2D eigenvalue weighted by Crippen LogP contribution is -2.35. The molecule has 1 amide bonds. The van der Waals surface area contributed by atoms with Gasteiger partial charge in [0.2, 0.25) is 5.91 Å². The molecular formula is C25H27ClN4O. The largest absolute Gasteiger partial charge is 0.349 e. The third-order valence-corrected chi connectivity index (χ3v) is 5.82. The third-order valence-electron chi connectivity index (χ3n) is 5.58. The lowest BCUT2D eigenvalue weighted by atomic mass is 9.98. The van der Waals surface area contributed by atoms with Crippen LogP contribution in [0.4, 0.5) is 0 Å². The zero-order valence-corrected chi connectivity index (χ0v) is 18.5. The van der Waals surface area contributed by atoms with Crippen LogP contribution in [0, 0.1) is 6.92 Å². The number of nitrogens with one attached hydrogen (secondary N) is 1. The smallest absolute Gasteiger partial charge is 0.234 e. The molecule has 0 radical (unpaired) electrons. The van der Waals surface area contributed by atoms with Gasteiger partial charge in [-0.15, -0.1) is 0 Å². The molecule has 1 atom stereocenters. The predicted molar refractivity (Wildman–Crippen MR) is 123 cm³/mol. The van der Waals surface area contributed by atoms with Crippen molar-refractivity contribution in [2.75, 3.05) is 19.6 Å². The van der Waals surface area contributed by atoms with Crippen LogP contribution in [0.1, 0.15) is 40.5 Å². The van der Waals surface area contributed by atoms with Gasteiger partial charge in [0, 0.05) is 35.1 Å². The van der Waals surface area contributed by atoms with Gasteiger partial charge in [-0.2, -0.15) is 0 Å². The van der Waals surface area contributed by atoms with Gasteiger partial charge in [-0.3, -0.25) is 19.7 Å². The Morgan fingerprint density at radius 3 is 2.87 bits per heavy atom. The van der Waals surface area contributed by atoms with E-state index in [2.05, 4.69) is 33.4 Å². The monoisotopic (exact) mass is 434 g/mol. The molecule has 2 aromatic heterocycles. The number of aryl methyl sites for hydroxylation is 1. The fraction of sp³-hybridized carbons (Fsp3) is 0.320. The van der Waals surface area contributed by atoms with E-state index in [1.54, 1.807) is 6.20 Å². The molecule has 0 aliphatic carbocycles. The molecule has 0 bridgehead atoms. The average Bonchev–Trinajstić information content (AvgIpc) is 3.21. The lowest BCUT2D eigenvalue weighted by Gasteiger charge is -2.16. The highest BCUT2D eigenvalue weighted by molar-refractivity contribution is 6.30. The highest BCUT2D eigenvalue weighted by atomic mass is 35.5. The van der Waals surface area contributed by atoms with E-state index in [1.165, 1.54) is 11.1 Å². The number of pyridine rings is 2. The van der Waals surface area contributed by atoms with Gasteiger partial charge < -0.3 is 5.32 Å². The van der Waals surface area contributed by atoms with Crippen molar-refractivity contribution in [2.45, 2.75) is 32.2 Å². The van der Waals surface area contributed by atoms with Crippen LogP contribution in [0.5, 0.6) is 0 Å². The summed E-state index contributed by atoms with van der Waals surface area (Å²) in [6.45, 7) is 4.67. The minimum absolute atomic E-state index is 0.0325. The number of hydrogen-bond donors (Lipinski definition) is 1. The number of amides is 1. The maximum Gasteiger partial charge on any atom is 0.234 e. The summed E-state index contributed by atoms with van der Waals surface area (Å²) in [5, 5.41) is 3.72. The molecule has 0 spiro atoms. The molecular weight excluding hydrogens is 408 g/mol. The van der Waals surface area contributed by atoms with Crippen molar-refractivity contribution in [1.29, 1.82) is 0 Å². The lowest BCUT2D eigenvalue weighted by molar-refractivity contribution is -0.122. The minimum atomic E-state index is 0.0325. The molecule has 31 heavy (non-hydrogen) atoms. The Bertz CT molecular complexity index is 1040. The van der Waals surface area contributed by atoms with Gasteiger partial charge in [0.15, 0.2) is 0 Å². The Kier molecular flexibility index (Phi) is 6.95. The maximum absolute atomic E-state index is 12.3. The quantitative estimate of drug-likeness (QED) is 0.607. The normalized spacial score (nSPS) is 16.4. The highest BCUT2D eigenvalue weighted by Crippen LogP contribution is 2.27. The Morgan fingerprint density at radius 1 is 1.16 bits per heavy atom. The first-order chi connectivity index (χ1) is 15.0. The summed E-state index contributed by atoms with van der Waals surface area (Å²) in [5.74, 6) is 0.381. The van der Waals surface area contributed by atoms with E-state index >= 15 is 0 Å². The first-order valence-corrected chi connectivity index (χ1v) is 11.0.